The van der Waals surface area contributed by atoms with Gasteiger partial charge >= 0.3 is 0 Å². The lowest BCUT2D eigenvalue weighted by molar-refractivity contribution is -0.121. The van der Waals surface area contributed by atoms with Crippen molar-refractivity contribution in [3.63, 3.8) is 0 Å². The molecular formula is C15H22FNO2. The summed E-state index contributed by atoms with van der Waals surface area (Å²) in [5, 5.41) is 12.4. The minimum atomic E-state index is -0.999. The van der Waals surface area contributed by atoms with Gasteiger partial charge in [0.05, 0.1) is 6.10 Å². The third-order valence-corrected chi connectivity index (χ3v) is 3.01. The first kappa shape index (κ1) is 15.6. The van der Waals surface area contributed by atoms with Crippen LogP contribution in [0.2, 0.25) is 0 Å². The fraction of sp³-hybridized carbons (Fsp3) is 0.533. The topological polar surface area (TPSA) is 49.3 Å². The molecule has 19 heavy (non-hydrogen) atoms. The molecule has 0 aliphatic rings. The molecule has 4 heteroatoms. The molecule has 106 valence electrons. The molecule has 3 nitrogen and oxygen atoms in total. The molecule has 0 spiro atoms. The van der Waals surface area contributed by atoms with Crippen LogP contribution in [0.5, 0.6) is 0 Å². The van der Waals surface area contributed by atoms with Crippen molar-refractivity contribution in [1.82, 2.24) is 5.32 Å². The predicted molar refractivity (Wildman–Crippen MR) is 73.1 cm³/mol. The van der Waals surface area contributed by atoms with Crippen LogP contribution in [0.15, 0.2) is 24.3 Å². The number of benzene rings is 1. The van der Waals surface area contributed by atoms with Gasteiger partial charge in [0.15, 0.2) is 0 Å². The zero-order valence-corrected chi connectivity index (χ0v) is 11.4. The smallest absolute Gasteiger partial charge is 0.220 e. The fourth-order valence-electron chi connectivity index (χ4n) is 1.87. The normalized spacial score (nSPS) is 12.2. The summed E-state index contributed by atoms with van der Waals surface area (Å²) < 4.78 is 13.4. The minimum absolute atomic E-state index is 0.0492. The molecule has 2 N–H and O–H groups in total. The number of carbonyl (C=O) groups excluding carboxylic acids is 1. The lowest BCUT2D eigenvalue weighted by Crippen LogP contribution is -2.28. The number of hydrogen-bond acceptors (Lipinski definition) is 2. The molecule has 0 fully saturated rings. The number of aliphatic hydroxyl groups excluding tert-OH is 1. The molecule has 1 rings (SSSR count). The maximum absolute atomic E-state index is 13.4. The third kappa shape index (κ3) is 5.83. The van der Waals surface area contributed by atoms with E-state index in [1.807, 2.05) is 0 Å². The Kier molecular flexibility index (Phi) is 7.11. The lowest BCUT2D eigenvalue weighted by atomic mass is 10.1. The van der Waals surface area contributed by atoms with Crippen molar-refractivity contribution in [1.29, 1.82) is 0 Å². The van der Waals surface area contributed by atoms with Crippen molar-refractivity contribution in [2.24, 2.45) is 0 Å². The number of hydrogen-bond donors (Lipinski definition) is 2. The molecule has 0 radical (unpaired) electrons. The Morgan fingerprint density at radius 2 is 2.05 bits per heavy atom. The van der Waals surface area contributed by atoms with Gasteiger partial charge in [0.2, 0.25) is 5.91 Å². The van der Waals surface area contributed by atoms with Crippen LogP contribution < -0.4 is 5.32 Å². The number of halogens is 1. The van der Waals surface area contributed by atoms with Crippen LogP contribution in [0.25, 0.3) is 0 Å². The summed E-state index contributed by atoms with van der Waals surface area (Å²) in [5.74, 6) is -0.543. The van der Waals surface area contributed by atoms with Gasteiger partial charge in [-0.2, -0.15) is 0 Å². The van der Waals surface area contributed by atoms with Crippen molar-refractivity contribution in [2.45, 2.75) is 45.1 Å². The number of amides is 1. The van der Waals surface area contributed by atoms with Crippen LogP contribution in [-0.2, 0) is 4.79 Å². The average Bonchev–Trinajstić information content (AvgIpc) is 2.41. The van der Waals surface area contributed by atoms with E-state index in [9.17, 15) is 14.3 Å². The molecule has 1 unspecified atom stereocenters. The SMILES string of the molecule is CCCCCCC(=O)NCC(O)c1ccccc1F. The monoisotopic (exact) mass is 267 g/mol. The number of nitrogens with one attached hydrogen (secondary N) is 1. The number of unbranched alkanes of at least 4 members (excludes halogenated alkanes) is 3. The maximum Gasteiger partial charge on any atom is 0.220 e. The van der Waals surface area contributed by atoms with Crippen LogP contribution in [0.4, 0.5) is 4.39 Å². The highest BCUT2D eigenvalue weighted by molar-refractivity contribution is 5.75. The number of aliphatic hydroxyl groups is 1. The van der Waals surface area contributed by atoms with E-state index in [0.29, 0.717) is 6.42 Å². The zero-order chi connectivity index (χ0) is 14.1. The van der Waals surface area contributed by atoms with Gasteiger partial charge in [-0.3, -0.25) is 4.79 Å². The van der Waals surface area contributed by atoms with E-state index in [-0.39, 0.29) is 18.0 Å². The summed E-state index contributed by atoms with van der Waals surface area (Å²) in [6, 6.07) is 6.05. The van der Waals surface area contributed by atoms with E-state index in [2.05, 4.69) is 12.2 Å². The molecule has 0 heterocycles. The molecule has 0 aromatic heterocycles. The van der Waals surface area contributed by atoms with E-state index in [1.54, 1.807) is 12.1 Å². The Hall–Kier alpha value is -1.42. The first-order valence-electron chi connectivity index (χ1n) is 6.84. The minimum Gasteiger partial charge on any atom is -0.386 e. The summed E-state index contributed by atoms with van der Waals surface area (Å²) in [6.07, 6.45) is 3.62. The van der Waals surface area contributed by atoms with E-state index in [1.165, 1.54) is 12.1 Å². The van der Waals surface area contributed by atoms with Crippen LogP contribution in [0.1, 0.15) is 50.7 Å². The number of carbonyl (C=O) groups is 1. The zero-order valence-electron chi connectivity index (χ0n) is 11.4. The van der Waals surface area contributed by atoms with Crippen molar-refractivity contribution in [3.8, 4) is 0 Å². The van der Waals surface area contributed by atoms with E-state index >= 15 is 0 Å². The average molecular weight is 267 g/mol. The molecule has 0 bridgehead atoms. The van der Waals surface area contributed by atoms with Crippen LogP contribution in [0, 0.1) is 5.82 Å². The van der Waals surface area contributed by atoms with E-state index in [0.717, 1.165) is 25.7 Å². The van der Waals surface area contributed by atoms with Gasteiger partial charge in [-0.25, -0.2) is 4.39 Å². The predicted octanol–water partition coefficient (Wildman–Crippen LogP) is 2.95. The second kappa shape index (κ2) is 8.64. The second-order valence-electron chi connectivity index (χ2n) is 4.65. The first-order valence-corrected chi connectivity index (χ1v) is 6.84. The maximum atomic E-state index is 13.4. The summed E-state index contributed by atoms with van der Waals surface area (Å²) in [7, 11) is 0. The van der Waals surface area contributed by atoms with E-state index in [4.69, 9.17) is 0 Å². The summed E-state index contributed by atoms with van der Waals surface area (Å²) in [5.41, 5.74) is 0.216. The Morgan fingerprint density at radius 3 is 2.74 bits per heavy atom. The highest BCUT2D eigenvalue weighted by Crippen LogP contribution is 2.15. The van der Waals surface area contributed by atoms with Crippen LogP contribution in [-0.4, -0.2) is 17.6 Å². The molecule has 0 saturated carbocycles. The molecule has 0 aliphatic carbocycles. The molecule has 1 atom stereocenters. The van der Waals surface area contributed by atoms with Gasteiger partial charge in [0, 0.05) is 18.5 Å². The molecule has 1 aromatic carbocycles. The molecular weight excluding hydrogens is 245 g/mol. The Labute approximate surface area is 113 Å². The third-order valence-electron chi connectivity index (χ3n) is 3.01. The molecule has 0 saturated heterocycles. The van der Waals surface area contributed by atoms with E-state index < -0.39 is 11.9 Å². The van der Waals surface area contributed by atoms with Gasteiger partial charge < -0.3 is 10.4 Å². The van der Waals surface area contributed by atoms with Gasteiger partial charge in [-0.15, -0.1) is 0 Å². The van der Waals surface area contributed by atoms with Crippen molar-refractivity contribution in [3.05, 3.63) is 35.6 Å². The van der Waals surface area contributed by atoms with Gasteiger partial charge in [-0.05, 0) is 12.5 Å². The van der Waals surface area contributed by atoms with Gasteiger partial charge in [0.1, 0.15) is 5.82 Å². The van der Waals surface area contributed by atoms with Crippen LogP contribution in [0.3, 0.4) is 0 Å². The Morgan fingerprint density at radius 1 is 1.32 bits per heavy atom. The molecule has 1 amide bonds. The Balaban J connectivity index is 2.28. The Bertz CT molecular complexity index is 395. The quantitative estimate of drug-likeness (QED) is 0.711. The summed E-state index contributed by atoms with van der Waals surface area (Å²) in [4.78, 5) is 11.5. The number of rotatable bonds is 8. The van der Waals surface area contributed by atoms with Gasteiger partial charge in [0.25, 0.3) is 0 Å². The summed E-state index contributed by atoms with van der Waals surface area (Å²) in [6.45, 7) is 2.17. The lowest BCUT2D eigenvalue weighted by Gasteiger charge is -2.13. The second-order valence-corrected chi connectivity index (χ2v) is 4.65. The largest absolute Gasteiger partial charge is 0.386 e. The van der Waals surface area contributed by atoms with Crippen molar-refractivity contribution in [2.75, 3.05) is 6.54 Å². The summed E-state index contributed by atoms with van der Waals surface area (Å²) >= 11 is 0. The molecule has 0 aliphatic heterocycles. The highest BCUT2D eigenvalue weighted by atomic mass is 19.1. The van der Waals surface area contributed by atoms with Crippen molar-refractivity contribution < 1.29 is 14.3 Å². The van der Waals surface area contributed by atoms with Gasteiger partial charge in [-0.1, -0.05) is 44.4 Å². The highest BCUT2D eigenvalue weighted by Gasteiger charge is 2.12. The first-order chi connectivity index (χ1) is 9.15. The van der Waals surface area contributed by atoms with Crippen molar-refractivity contribution >= 4 is 5.91 Å². The fourth-order valence-corrected chi connectivity index (χ4v) is 1.87. The van der Waals surface area contributed by atoms with Crippen LogP contribution >= 0.6 is 0 Å². The standard InChI is InChI=1S/C15H22FNO2/c1-2-3-4-5-10-15(19)17-11-14(18)12-8-6-7-9-13(12)16/h6-9,14,18H,2-5,10-11H2,1H3,(H,17,19). The molecule has 1 aromatic rings.